The Kier molecular flexibility index (Phi) is 5.03. The van der Waals surface area contributed by atoms with Crippen molar-refractivity contribution in [3.8, 4) is 0 Å². The summed E-state index contributed by atoms with van der Waals surface area (Å²) in [6.45, 7) is 3.49. The average molecular weight is 271 g/mol. The molecule has 1 fully saturated rings. The van der Waals surface area contributed by atoms with Crippen LogP contribution in [0.5, 0.6) is 0 Å². The molecule has 0 bridgehead atoms. The minimum atomic E-state index is -1.30. The number of hydrogen-bond donors (Lipinski definition) is 0. The van der Waals surface area contributed by atoms with Crippen LogP contribution in [0.3, 0.4) is 0 Å². The van der Waals surface area contributed by atoms with E-state index in [0.29, 0.717) is 25.7 Å². The molecular formula is C13H21NO5. The van der Waals surface area contributed by atoms with Gasteiger partial charge < -0.3 is 4.74 Å². The summed E-state index contributed by atoms with van der Waals surface area (Å²) in [6, 6.07) is 0. The molecule has 0 aromatic rings. The Morgan fingerprint density at radius 3 is 2.53 bits per heavy atom. The first-order valence-electron chi connectivity index (χ1n) is 6.58. The molecule has 0 heterocycles. The normalized spacial score (nSPS) is 24.5. The summed E-state index contributed by atoms with van der Waals surface area (Å²) in [4.78, 5) is 34.7. The van der Waals surface area contributed by atoms with Crippen LogP contribution >= 0.6 is 0 Å². The fourth-order valence-electron chi connectivity index (χ4n) is 3.07. The zero-order valence-electron chi connectivity index (χ0n) is 11.7. The number of ketones is 1. The number of nitrogens with zero attached hydrogens (tertiary/aromatic N) is 1. The van der Waals surface area contributed by atoms with Crippen molar-refractivity contribution in [1.29, 1.82) is 0 Å². The van der Waals surface area contributed by atoms with Crippen molar-refractivity contribution in [1.82, 2.24) is 0 Å². The van der Waals surface area contributed by atoms with E-state index in [1.807, 2.05) is 13.8 Å². The molecule has 2 unspecified atom stereocenters. The molecule has 0 spiro atoms. The Morgan fingerprint density at radius 1 is 1.53 bits per heavy atom. The number of rotatable bonds is 6. The van der Waals surface area contributed by atoms with E-state index >= 15 is 0 Å². The second-order valence-electron chi connectivity index (χ2n) is 5.58. The highest BCUT2D eigenvalue weighted by molar-refractivity contribution is 6.05. The molecule has 0 radical (unpaired) electrons. The Bertz CT molecular complexity index is 379. The SMILES string of the molecule is COC(=O)C1(C(CC(C)C)C[N+](=O)[O-])CCCC1=O. The Balaban J connectivity index is 3.13. The summed E-state index contributed by atoms with van der Waals surface area (Å²) in [5.41, 5.74) is -1.30. The van der Waals surface area contributed by atoms with E-state index in [4.69, 9.17) is 4.74 Å². The molecule has 0 aromatic heterocycles. The van der Waals surface area contributed by atoms with Crippen LogP contribution in [0.15, 0.2) is 0 Å². The maximum absolute atomic E-state index is 12.2. The van der Waals surface area contributed by atoms with Gasteiger partial charge in [-0.15, -0.1) is 0 Å². The van der Waals surface area contributed by atoms with Gasteiger partial charge in [0.1, 0.15) is 5.41 Å². The van der Waals surface area contributed by atoms with Gasteiger partial charge in [-0.2, -0.15) is 0 Å². The highest BCUT2D eigenvalue weighted by Crippen LogP contribution is 2.45. The zero-order chi connectivity index (χ0) is 14.6. The van der Waals surface area contributed by atoms with Gasteiger partial charge in [0.05, 0.1) is 7.11 Å². The quantitative estimate of drug-likeness (QED) is 0.318. The summed E-state index contributed by atoms with van der Waals surface area (Å²) in [5.74, 6) is -1.21. The lowest BCUT2D eigenvalue weighted by atomic mass is 9.70. The molecule has 1 saturated carbocycles. The number of ether oxygens (including phenoxy) is 1. The van der Waals surface area contributed by atoms with Crippen LogP contribution in [-0.4, -0.2) is 30.3 Å². The van der Waals surface area contributed by atoms with Gasteiger partial charge in [-0.05, 0) is 25.2 Å². The first kappa shape index (κ1) is 15.6. The van der Waals surface area contributed by atoms with Crippen molar-refractivity contribution >= 4 is 11.8 Å². The number of methoxy groups -OCH3 is 1. The zero-order valence-corrected chi connectivity index (χ0v) is 11.7. The van der Waals surface area contributed by atoms with Gasteiger partial charge >= 0.3 is 5.97 Å². The van der Waals surface area contributed by atoms with E-state index in [1.165, 1.54) is 7.11 Å². The number of Topliss-reactive ketones (excluding diaryl/α,β-unsaturated/α-hetero) is 1. The Hall–Kier alpha value is -1.46. The number of nitro groups is 1. The first-order valence-corrected chi connectivity index (χ1v) is 6.58. The van der Waals surface area contributed by atoms with Crippen molar-refractivity contribution < 1.29 is 19.2 Å². The fourth-order valence-corrected chi connectivity index (χ4v) is 3.07. The highest BCUT2D eigenvalue weighted by Gasteiger charge is 2.56. The molecule has 0 aromatic carbocycles. The number of carbonyl (C=O) groups excluding carboxylic acids is 2. The predicted molar refractivity (Wildman–Crippen MR) is 68.1 cm³/mol. The molecule has 19 heavy (non-hydrogen) atoms. The summed E-state index contributed by atoms with van der Waals surface area (Å²) in [6.07, 6.45) is 1.74. The van der Waals surface area contributed by atoms with Crippen LogP contribution < -0.4 is 0 Å². The summed E-state index contributed by atoms with van der Waals surface area (Å²) in [7, 11) is 1.23. The van der Waals surface area contributed by atoms with Crippen molar-refractivity contribution in [3.63, 3.8) is 0 Å². The molecule has 0 N–H and O–H groups in total. The van der Waals surface area contributed by atoms with E-state index < -0.39 is 22.2 Å². The fraction of sp³-hybridized carbons (Fsp3) is 0.846. The van der Waals surface area contributed by atoms with Crippen molar-refractivity contribution in [2.45, 2.75) is 39.5 Å². The van der Waals surface area contributed by atoms with Gasteiger partial charge in [0.2, 0.25) is 6.54 Å². The summed E-state index contributed by atoms with van der Waals surface area (Å²) < 4.78 is 4.77. The van der Waals surface area contributed by atoms with Crippen molar-refractivity contribution in [3.05, 3.63) is 10.1 Å². The third kappa shape index (κ3) is 3.11. The second-order valence-corrected chi connectivity index (χ2v) is 5.58. The van der Waals surface area contributed by atoms with Crippen LogP contribution in [0.2, 0.25) is 0 Å². The van der Waals surface area contributed by atoms with Crippen LogP contribution in [0.4, 0.5) is 0 Å². The minimum Gasteiger partial charge on any atom is -0.468 e. The minimum absolute atomic E-state index is 0.180. The van der Waals surface area contributed by atoms with E-state index in [2.05, 4.69) is 0 Å². The molecule has 0 saturated heterocycles. The van der Waals surface area contributed by atoms with Crippen LogP contribution in [0.25, 0.3) is 0 Å². The first-order chi connectivity index (χ1) is 8.84. The topological polar surface area (TPSA) is 86.5 Å². The van der Waals surface area contributed by atoms with Crippen molar-refractivity contribution in [2.24, 2.45) is 17.3 Å². The van der Waals surface area contributed by atoms with Gasteiger partial charge in [0, 0.05) is 17.3 Å². The van der Waals surface area contributed by atoms with Gasteiger partial charge in [-0.3, -0.25) is 19.7 Å². The molecule has 6 nitrogen and oxygen atoms in total. The average Bonchev–Trinajstić information content (AvgIpc) is 2.69. The van der Waals surface area contributed by atoms with Crippen molar-refractivity contribution in [2.75, 3.05) is 13.7 Å². The monoisotopic (exact) mass is 271 g/mol. The molecule has 1 aliphatic rings. The molecule has 1 aliphatic carbocycles. The van der Waals surface area contributed by atoms with Crippen LogP contribution in [0.1, 0.15) is 39.5 Å². The van der Waals surface area contributed by atoms with E-state index in [0.717, 1.165) is 0 Å². The van der Waals surface area contributed by atoms with Crippen LogP contribution in [0, 0.1) is 27.4 Å². The predicted octanol–water partition coefficient (Wildman–Crippen LogP) is 1.84. The summed E-state index contributed by atoms with van der Waals surface area (Å²) in [5, 5.41) is 10.8. The lowest BCUT2D eigenvalue weighted by molar-refractivity contribution is -0.491. The van der Waals surface area contributed by atoms with E-state index in [-0.39, 0.29) is 18.2 Å². The van der Waals surface area contributed by atoms with Gasteiger partial charge in [-0.25, -0.2) is 0 Å². The van der Waals surface area contributed by atoms with Gasteiger partial charge in [0.25, 0.3) is 0 Å². The molecule has 6 heteroatoms. The summed E-state index contributed by atoms with van der Waals surface area (Å²) >= 11 is 0. The lowest BCUT2D eigenvalue weighted by Crippen LogP contribution is -2.46. The van der Waals surface area contributed by atoms with Crippen LogP contribution in [-0.2, 0) is 14.3 Å². The van der Waals surface area contributed by atoms with E-state index in [9.17, 15) is 19.7 Å². The molecule has 108 valence electrons. The molecular weight excluding hydrogens is 250 g/mol. The number of esters is 1. The van der Waals surface area contributed by atoms with E-state index in [1.54, 1.807) is 0 Å². The molecule has 1 rings (SSSR count). The Labute approximate surface area is 112 Å². The Morgan fingerprint density at radius 2 is 2.16 bits per heavy atom. The lowest BCUT2D eigenvalue weighted by Gasteiger charge is -2.32. The standard InChI is InChI=1S/C13H21NO5/c1-9(2)7-10(8-14(17)18)13(12(16)19-3)6-4-5-11(13)15/h9-10H,4-8H2,1-3H3. The second kappa shape index (κ2) is 6.12. The molecule has 2 atom stereocenters. The maximum atomic E-state index is 12.2. The highest BCUT2D eigenvalue weighted by atomic mass is 16.6. The third-order valence-electron chi connectivity index (χ3n) is 3.84. The number of carbonyl (C=O) groups is 2. The van der Waals surface area contributed by atoms with Gasteiger partial charge in [-0.1, -0.05) is 13.8 Å². The molecule has 0 amide bonds. The largest absolute Gasteiger partial charge is 0.468 e. The molecule has 0 aliphatic heterocycles. The third-order valence-corrected chi connectivity index (χ3v) is 3.84. The smallest absolute Gasteiger partial charge is 0.319 e. The van der Waals surface area contributed by atoms with Gasteiger partial charge in [0.15, 0.2) is 5.78 Å². The maximum Gasteiger partial charge on any atom is 0.319 e. The number of hydrogen-bond acceptors (Lipinski definition) is 5.